The first-order valence-corrected chi connectivity index (χ1v) is 12.4. The first kappa shape index (κ1) is 23.8. The van der Waals surface area contributed by atoms with Crippen LogP contribution < -0.4 is 10.2 Å². The van der Waals surface area contributed by atoms with Crippen molar-refractivity contribution < 1.29 is 23.9 Å². The number of fused-ring (bicyclic) bond motifs is 5. The van der Waals surface area contributed by atoms with Crippen LogP contribution in [-0.2, 0) is 19.1 Å². The van der Waals surface area contributed by atoms with E-state index in [9.17, 15) is 19.2 Å². The minimum Gasteiger partial charge on any atom is -0.452 e. The van der Waals surface area contributed by atoms with Gasteiger partial charge < -0.3 is 10.1 Å². The number of allylic oxidation sites excluding steroid dienone is 2. The van der Waals surface area contributed by atoms with Gasteiger partial charge in [0.25, 0.3) is 5.91 Å². The maximum Gasteiger partial charge on any atom is 0.338 e. The topological polar surface area (TPSA) is 92.8 Å². The molecule has 3 aliphatic rings. The van der Waals surface area contributed by atoms with Crippen LogP contribution in [0.5, 0.6) is 0 Å². The van der Waals surface area contributed by atoms with Crippen LogP contribution in [0, 0.1) is 30.6 Å². The van der Waals surface area contributed by atoms with Crippen molar-refractivity contribution in [1.29, 1.82) is 0 Å². The SMILES string of the molecule is CC1=C[C@H]2C[C@H]1[C@@H]1C(=O)N(c3ccc(C(=O)OCC(=O)Nc4cc(Cl)c(Br)cc4C)cc3)C(=O)[C@H]12. The smallest absolute Gasteiger partial charge is 0.338 e. The van der Waals surface area contributed by atoms with E-state index in [1.54, 1.807) is 24.3 Å². The highest BCUT2D eigenvalue weighted by Crippen LogP contribution is 2.55. The minimum absolute atomic E-state index is 0.129. The zero-order valence-electron chi connectivity index (χ0n) is 19.0. The Morgan fingerprint density at radius 3 is 2.51 bits per heavy atom. The van der Waals surface area contributed by atoms with E-state index >= 15 is 0 Å². The standard InChI is InChI=1S/C26H22BrClN2O5/c1-12-7-15-9-17(12)23-22(15)24(32)30(25(23)33)16-5-3-14(4-6-16)26(34)35-11-21(31)29-20-10-19(28)18(27)8-13(20)2/h3-8,10,15,17,22-23H,9,11H2,1-2H3,(H,29,31)/t15-,17+,22-,23-/m0/s1. The predicted octanol–water partition coefficient (Wildman–Crippen LogP) is 4.91. The molecule has 1 N–H and O–H groups in total. The van der Waals surface area contributed by atoms with E-state index in [1.807, 2.05) is 13.8 Å². The number of rotatable bonds is 5. The number of hydrogen-bond acceptors (Lipinski definition) is 5. The van der Waals surface area contributed by atoms with E-state index < -0.39 is 18.5 Å². The van der Waals surface area contributed by atoms with E-state index in [1.165, 1.54) is 22.6 Å². The molecule has 4 atom stereocenters. The average molecular weight is 558 g/mol. The van der Waals surface area contributed by atoms with Gasteiger partial charge in [0.05, 0.1) is 28.1 Å². The number of hydrogen-bond donors (Lipinski definition) is 1. The van der Waals surface area contributed by atoms with Crippen molar-refractivity contribution in [3.63, 3.8) is 0 Å². The van der Waals surface area contributed by atoms with Gasteiger partial charge in [0.15, 0.2) is 6.61 Å². The van der Waals surface area contributed by atoms with Crippen LogP contribution in [0.15, 0.2) is 52.5 Å². The number of ether oxygens (including phenoxy) is 1. The third-order valence-corrected chi connectivity index (χ3v) is 8.31. The third kappa shape index (κ3) is 4.08. The summed E-state index contributed by atoms with van der Waals surface area (Å²) >= 11 is 9.40. The number of carbonyl (C=O) groups excluding carboxylic acids is 4. The van der Waals surface area contributed by atoms with Crippen LogP contribution in [0.1, 0.15) is 29.3 Å². The van der Waals surface area contributed by atoms with Gasteiger partial charge >= 0.3 is 5.97 Å². The normalized spacial score (nSPS) is 24.5. The Morgan fingerprint density at radius 1 is 1.11 bits per heavy atom. The minimum atomic E-state index is -0.689. The summed E-state index contributed by atoms with van der Waals surface area (Å²) in [6.45, 7) is 3.36. The van der Waals surface area contributed by atoms with Crippen LogP contribution in [0.3, 0.4) is 0 Å². The van der Waals surface area contributed by atoms with Gasteiger partial charge in [-0.2, -0.15) is 0 Å². The maximum absolute atomic E-state index is 13.1. The molecule has 0 aromatic heterocycles. The Kier molecular flexibility index (Phi) is 6.05. The molecule has 1 aliphatic heterocycles. The largest absolute Gasteiger partial charge is 0.452 e. The molecule has 7 nitrogen and oxygen atoms in total. The number of halogens is 2. The molecule has 1 saturated heterocycles. The van der Waals surface area contributed by atoms with Gasteiger partial charge in [0, 0.05) is 10.2 Å². The molecule has 2 fully saturated rings. The van der Waals surface area contributed by atoms with Crippen LogP contribution in [0.25, 0.3) is 0 Å². The molecular formula is C26H22BrClN2O5. The van der Waals surface area contributed by atoms with Crippen molar-refractivity contribution in [3.05, 3.63) is 68.7 Å². The number of benzene rings is 2. The predicted molar refractivity (Wildman–Crippen MR) is 134 cm³/mol. The molecule has 2 bridgehead atoms. The van der Waals surface area contributed by atoms with Crippen molar-refractivity contribution in [2.75, 3.05) is 16.8 Å². The molecule has 0 spiro atoms. The highest BCUT2D eigenvalue weighted by Gasteiger charge is 2.60. The van der Waals surface area contributed by atoms with Crippen molar-refractivity contribution in [2.45, 2.75) is 20.3 Å². The number of amides is 3. The summed E-state index contributed by atoms with van der Waals surface area (Å²) < 4.78 is 5.84. The Hall–Kier alpha value is -2.97. The van der Waals surface area contributed by atoms with E-state index in [-0.39, 0.29) is 41.0 Å². The summed E-state index contributed by atoms with van der Waals surface area (Å²) in [5.41, 5.74) is 3.15. The van der Waals surface area contributed by atoms with E-state index in [0.717, 1.165) is 12.0 Å². The Morgan fingerprint density at radius 2 is 1.80 bits per heavy atom. The molecule has 3 amide bonds. The molecule has 1 heterocycles. The van der Waals surface area contributed by atoms with Gasteiger partial charge in [0.2, 0.25) is 11.8 Å². The maximum atomic E-state index is 13.1. The summed E-state index contributed by atoms with van der Waals surface area (Å²) in [6.07, 6.45) is 3.00. The molecule has 0 unspecified atom stereocenters. The van der Waals surface area contributed by atoms with Gasteiger partial charge in [-0.05, 0) is 90.0 Å². The molecule has 5 rings (SSSR count). The number of carbonyl (C=O) groups is 4. The summed E-state index contributed by atoms with van der Waals surface area (Å²) in [4.78, 5) is 52.0. The first-order valence-electron chi connectivity index (χ1n) is 11.2. The lowest BCUT2D eigenvalue weighted by Crippen LogP contribution is -2.33. The van der Waals surface area contributed by atoms with Gasteiger partial charge in [-0.25, -0.2) is 4.79 Å². The number of nitrogens with one attached hydrogen (secondary N) is 1. The van der Waals surface area contributed by atoms with Gasteiger partial charge in [-0.1, -0.05) is 23.3 Å². The first-order chi connectivity index (χ1) is 16.7. The lowest BCUT2D eigenvalue weighted by molar-refractivity contribution is -0.123. The molecular weight excluding hydrogens is 536 g/mol. The summed E-state index contributed by atoms with van der Waals surface area (Å²) in [5.74, 6) is -1.84. The zero-order valence-corrected chi connectivity index (χ0v) is 21.4. The van der Waals surface area contributed by atoms with Crippen molar-refractivity contribution in [2.24, 2.45) is 23.7 Å². The van der Waals surface area contributed by atoms with Crippen molar-refractivity contribution in [1.82, 2.24) is 0 Å². The second-order valence-corrected chi connectivity index (χ2v) is 10.5. The van der Waals surface area contributed by atoms with Crippen LogP contribution in [0.4, 0.5) is 11.4 Å². The fourth-order valence-corrected chi connectivity index (χ4v) is 6.08. The van der Waals surface area contributed by atoms with Crippen LogP contribution in [-0.4, -0.2) is 30.3 Å². The number of aryl methyl sites for hydroxylation is 1. The molecule has 2 aromatic rings. The molecule has 180 valence electrons. The second kappa shape index (κ2) is 8.91. The van der Waals surface area contributed by atoms with Crippen molar-refractivity contribution in [3.8, 4) is 0 Å². The van der Waals surface area contributed by atoms with Gasteiger partial charge in [0.1, 0.15) is 0 Å². The Balaban J connectivity index is 1.21. The highest BCUT2D eigenvalue weighted by atomic mass is 79.9. The molecule has 35 heavy (non-hydrogen) atoms. The Labute approximate surface area is 215 Å². The average Bonchev–Trinajstić information content (AvgIpc) is 3.46. The highest BCUT2D eigenvalue weighted by molar-refractivity contribution is 9.10. The Bertz CT molecular complexity index is 1310. The zero-order chi connectivity index (χ0) is 25.0. The lowest BCUT2D eigenvalue weighted by Gasteiger charge is -2.19. The summed E-state index contributed by atoms with van der Waals surface area (Å²) in [6, 6.07) is 9.47. The molecule has 2 aromatic carbocycles. The fraction of sp³-hybridized carbons (Fsp3) is 0.308. The molecule has 2 aliphatic carbocycles. The second-order valence-electron chi connectivity index (χ2n) is 9.23. The van der Waals surface area contributed by atoms with Crippen molar-refractivity contribution >= 4 is 62.6 Å². The van der Waals surface area contributed by atoms with E-state index in [2.05, 4.69) is 27.3 Å². The number of anilines is 2. The fourth-order valence-electron chi connectivity index (χ4n) is 5.46. The number of esters is 1. The summed E-state index contributed by atoms with van der Waals surface area (Å²) in [7, 11) is 0. The molecule has 9 heteroatoms. The summed E-state index contributed by atoms with van der Waals surface area (Å²) in [5, 5.41) is 3.11. The number of imide groups is 1. The molecule has 1 saturated carbocycles. The lowest BCUT2D eigenvalue weighted by atomic mass is 9.82. The van der Waals surface area contributed by atoms with Crippen LogP contribution in [0.2, 0.25) is 5.02 Å². The number of nitrogens with zero attached hydrogens (tertiary/aromatic N) is 1. The van der Waals surface area contributed by atoms with Gasteiger partial charge in [-0.15, -0.1) is 0 Å². The van der Waals surface area contributed by atoms with E-state index in [0.29, 0.717) is 20.9 Å². The quantitative estimate of drug-likeness (QED) is 0.320. The van der Waals surface area contributed by atoms with Crippen LogP contribution >= 0.6 is 27.5 Å². The molecule has 0 radical (unpaired) electrons. The van der Waals surface area contributed by atoms with Gasteiger partial charge in [-0.3, -0.25) is 19.3 Å². The monoisotopic (exact) mass is 556 g/mol. The van der Waals surface area contributed by atoms with E-state index in [4.69, 9.17) is 16.3 Å². The third-order valence-electron chi connectivity index (χ3n) is 7.12.